The maximum absolute atomic E-state index is 13.1. The van der Waals surface area contributed by atoms with E-state index in [-0.39, 0.29) is 11.5 Å². The molecular weight excluding hydrogens is 415 g/mol. The van der Waals surface area contributed by atoms with Crippen molar-refractivity contribution in [2.24, 2.45) is 0 Å². The predicted molar refractivity (Wildman–Crippen MR) is 115 cm³/mol. The minimum atomic E-state index is -0.454. The fraction of sp³-hybridized carbons (Fsp3) is 0.227. The Balaban J connectivity index is 1.26. The first-order chi connectivity index (χ1) is 15.5. The highest BCUT2D eigenvalue weighted by molar-refractivity contribution is 5.59. The molecule has 2 aromatic heterocycles. The zero-order chi connectivity index (χ0) is 22.5. The van der Waals surface area contributed by atoms with Crippen LogP contribution in [0.1, 0.15) is 18.0 Å². The molecule has 164 valence electrons. The number of halogens is 1. The summed E-state index contributed by atoms with van der Waals surface area (Å²) >= 11 is 0. The van der Waals surface area contributed by atoms with E-state index in [0.29, 0.717) is 23.9 Å². The molecular formula is C22H21FN6O3. The zero-order valence-corrected chi connectivity index (χ0v) is 17.4. The summed E-state index contributed by atoms with van der Waals surface area (Å²) in [6.07, 6.45) is 1.71. The lowest BCUT2D eigenvalue weighted by molar-refractivity contribution is -0.384. The topological polar surface area (TPSA) is 114 Å². The van der Waals surface area contributed by atoms with E-state index in [1.807, 2.05) is 13.1 Å². The van der Waals surface area contributed by atoms with Crippen LogP contribution >= 0.6 is 0 Å². The molecule has 2 heterocycles. The van der Waals surface area contributed by atoms with E-state index in [0.717, 1.165) is 36.3 Å². The molecule has 9 nitrogen and oxygen atoms in total. The van der Waals surface area contributed by atoms with Gasteiger partial charge in [-0.15, -0.1) is 10.2 Å². The minimum Gasteiger partial charge on any atom is -0.419 e. The molecule has 0 radical (unpaired) electrons. The summed E-state index contributed by atoms with van der Waals surface area (Å²) in [5.74, 6) is 0.531. The van der Waals surface area contributed by atoms with Gasteiger partial charge in [0.15, 0.2) is 0 Å². The van der Waals surface area contributed by atoms with Gasteiger partial charge in [-0.1, -0.05) is 0 Å². The highest BCUT2D eigenvalue weighted by Crippen LogP contribution is 2.22. The van der Waals surface area contributed by atoms with Crippen molar-refractivity contribution in [1.82, 2.24) is 25.3 Å². The fourth-order valence-electron chi connectivity index (χ4n) is 3.27. The first-order valence-electron chi connectivity index (χ1n) is 10.0. The van der Waals surface area contributed by atoms with E-state index in [9.17, 15) is 14.5 Å². The van der Waals surface area contributed by atoms with Crippen LogP contribution in [0, 0.1) is 15.9 Å². The number of rotatable bonds is 9. The van der Waals surface area contributed by atoms with Crippen LogP contribution in [0.2, 0.25) is 0 Å². The average molecular weight is 436 g/mol. The smallest absolute Gasteiger partial charge is 0.269 e. The number of aromatic amines is 1. The predicted octanol–water partition coefficient (Wildman–Crippen LogP) is 4.24. The van der Waals surface area contributed by atoms with Crippen molar-refractivity contribution in [3.8, 4) is 22.7 Å². The third kappa shape index (κ3) is 5.22. The van der Waals surface area contributed by atoms with Crippen molar-refractivity contribution in [3.05, 3.63) is 82.1 Å². The number of nitro benzene ring substituents is 1. The van der Waals surface area contributed by atoms with Gasteiger partial charge in [0.25, 0.3) is 5.69 Å². The Labute approximate surface area is 183 Å². The molecule has 0 aliphatic heterocycles. The van der Waals surface area contributed by atoms with Gasteiger partial charge in [-0.2, -0.15) is 5.10 Å². The van der Waals surface area contributed by atoms with Gasteiger partial charge in [-0.05, 0) is 68.9 Å². The van der Waals surface area contributed by atoms with Crippen LogP contribution in [-0.2, 0) is 13.0 Å². The Bertz CT molecular complexity index is 1190. The lowest BCUT2D eigenvalue weighted by atomic mass is 10.1. The first-order valence-corrected chi connectivity index (χ1v) is 10.0. The van der Waals surface area contributed by atoms with Crippen molar-refractivity contribution >= 4 is 5.69 Å². The molecule has 1 N–H and O–H groups in total. The maximum atomic E-state index is 13.1. The molecule has 0 saturated heterocycles. The Morgan fingerprint density at radius 2 is 1.81 bits per heavy atom. The van der Waals surface area contributed by atoms with E-state index < -0.39 is 4.92 Å². The molecule has 4 aromatic rings. The minimum absolute atomic E-state index is 0.00951. The van der Waals surface area contributed by atoms with Crippen LogP contribution in [0.4, 0.5) is 10.1 Å². The molecule has 0 bridgehead atoms. The largest absolute Gasteiger partial charge is 0.419 e. The van der Waals surface area contributed by atoms with E-state index in [2.05, 4.69) is 25.3 Å². The van der Waals surface area contributed by atoms with Gasteiger partial charge >= 0.3 is 0 Å². The third-order valence-electron chi connectivity index (χ3n) is 4.95. The van der Waals surface area contributed by atoms with Crippen molar-refractivity contribution in [1.29, 1.82) is 0 Å². The van der Waals surface area contributed by atoms with Gasteiger partial charge in [0.2, 0.25) is 11.8 Å². The maximum Gasteiger partial charge on any atom is 0.269 e. The van der Waals surface area contributed by atoms with Crippen LogP contribution in [0.5, 0.6) is 0 Å². The molecule has 0 fully saturated rings. The monoisotopic (exact) mass is 436 g/mol. The summed E-state index contributed by atoms with van der Waals surface area (Å²) in [7, 11) is 1.96. The molecule has 4 rings (SSSR count). The van der Waals surface area contributed by atoms with E-state index in [1.54, 1.807) is 24.3 Å². The number of nitro groups is 1. The zero-order valence-electron chi connectivity index (χ0n) is 17.4. The van der Waals surface area contributed by atoms with E-state index >= 15 is 0 Å². The van der Waals surface area contributed by atoms with Crippen LogP contribution in [0.15, 0.2) is 59.0 Å². The van der Waals surface area contributed by atoms with Gasteiger partial charge in [-0.3, -0.25) is 20.1 Å². The van der Waals surface area contributed by atoms with Crippen LogP contribution in [0.3, 0.4) is 0 Å². The SMILES string of the molecule is CN(CCCc1cc(-c2ccc(F)cc2)n[nH]1)Cc1nnc(-c2ccc([N+](=O)[O-])cc2)o1. The average Bonchev–Trinajstić information content (AvgIpc) is 3.44. The van der Waals surface area contributed by atoms with Crippen molar-refractivity contribution in [3.63, 3.8) is 0 Å². The normalized spacial score (nSPS) is 11.2. The first kappa shape index (κ1) is 21.3. The standard InChI is InChI=1S/C22H21FN6O3/c1-28(12-2-3-18-13-20(25-24-18)15-4-8-17(23)9-5-15)14-21-26-27-22(32-21)16-6-10-19(11-7-16)29(30)31/h4-11,13H,2-3,12,14H2,1H3,(H,24,25). The van der Waals surface area contributed by atoms with Gasteiger partial charge in [-0.25, -0.2) is 4.39 Å². The number of H-pyrrole nitrogens is 1. The Morgan fingerprint density at radius 3 is 2.53 bits per heavy atom. The molecule has 0 spiro atoms. The molecule has 0 saturated carbocycles. The Kier molecular flexibility index (Phi) is 6.31. The lowest BCUT2D eigenvalue weighted by Crippen LogP contribution is -2.19. The van der Waals surface area contributed by atoms with Gasteiger partial charge in [0.1, 0.15) is 5.82 Å². The van der Waals surface area contributed by atoms with Crippen LogP contribution in [0.25, 0.3) is 22.7 Å². The summed E-state index contributed by atoms with van der Waals surface area (Å²) in [5, 5.41) is 26.2. The molecule has 32 heavy (non-hydrogen) atoms. The summed E-state index contributed by atoms with van der Waals surface area (Å²) in [4.78, 5) is 12.4. The molecule has 2 aromatic carbocycles. The van der Waals surface area contributed by atoms with Gasteiger partial charge < -0.3 is 4.42 Å². The number of nitrogens with zero attached hydrogens (tertiary/aromatic N) is 5. The second-order valence-corrected chi connectivity index (χ2v) is 7.43. The third-order valence-corrected chi connectivity index (χ3v) is 4.95. The molecule has 0 amide bonds. The molecule has 10 heteroatoms. The van der Waals surface area contributed by atoms with Crippen molar-refractivity contribution < 1.29 is 13.7 Å². The number of nitrogens with one attached hydrogen (secondary N) is 1. The highest BCUT2D eigenvalue weighted by Gasteiger charge is 2.13. The molecule has 0 unspecified atom stereocenters. The summed E-state index contributed by atoms with van der Waals surface area (Å²) in [5.41, 5.74) is 3.31. The quantitative estimate of drug-likeness (QED) is 0.308. The lowest BCUT2D eigenvalue weighted by Gasteiger charge is -2.13. The van der Waals surface area contributed by atoms with Crippen LogP contribution in [-0.4, -0.2) is 43.8 Å². The molecule has 0 aliphatic carbocycles. The molecule has 0 atom stereocenters. The number of hydrogen-bond donors (Lipinski definition) is 1. The summed E-state index contributed by atoms with van der Waals surface area (Å²) in [6.45, 7) is 1.30. The van der Waals surface area contributed by atoms with E-state index in [1.165, 1.54) is 24.3 Å². The number of non-ortho nitro benzene ring substituents is 1. The summed E-state index contributed by atoms with van der Waals surface area (Å²) in [6, 6.07) is 14.2. The Morgan fingerprint density at radius 1 is 1.09 bits per heavy atom. The Hall–Kier alpha value is -3.92. The van der Waals surface area contributed by atoms with Gasteiger partial charge in [0.05, 0.1) is 17.2 Å². The molecule has 0 aliphatic rings. The van der Waals surface area contributed by atoms with Crippen LogP contribution < -0.4 is 0 Å². The number of aromatic nitrogens is 4. The second-order valence-electron chi connectivity index (χ2n) is 7.43. The highest BCUT2D eigenvalue weighted by atomic mass is 19.1. The number of hydrogen-bond acceptors (Lipinski definition) is 7. The van der Waals surface area contributed by atoms with Crippen molar-refractivity contribution in [2.45, 2.75) is 19.4 Å². The van der Waals surface area contributed by atoms with Crippen molar-refractivity contribution in [2.75, 3.05) is 13.6 Å². The number of aryl methyl sites for hydroxylation is 1. The van der Waals surface area contributed by atoms with E-state index in [4.69, 9.17) is 4.42 Å². The van der Waals surface area contributed by atoms with Gasteiger partial charge in [0, 0.05) is 29.0 Å². The number of benzene rings is 2. The summed E-state index contributed by atoms with van der Waals surface area (Å²) < 4.78 is 18.8. The second kappa shape index (κ2) is 9.48. The fourth-order valence-corrected chi connectivity index (χ4v) is 3.27.